The van der Waals surface area contributed by atoms with Crippen LogP contribution in [0.4, 0.5) is 0 Å². The van der Waals surface area contributed by atoms with Gasteiger partial charge in [0, 0.05) is 12.4 Å². The van der Waals surface area contributed by atoms with Gasteiger partial charge in [0.1, 0.15) is 11.9 Å². The molecule has 3 rings (SSSR count). The van der Waals surface area contributed by atoms with Gasteiger partial charge < -0.3 is 9.84 Å². The van der Waals surface area contributed by atoms with Crippen LogP contribution in [0, 0.1) is 0 Å². The number of nitrogens with zero attached hydrogens (tertiary/aromatic N) is 2. The number of aliphatic hydroxyl groups excluding tert-OH is 1. The number of ether oxygens (including phenoxy) is 1. The minimum Gasteiger partial charge on any atom is -0.497 e. The van der Waals surface area contributed by atoms with Crippen molar-refractivity contribution in [3.63, 3.8) is 0 Å². The molecule has 0 amide bonds. The first-order chi connectivity index (χ1) is 8.29. The Kier molecular flexibility index (Phi) is 2.37. The molecule has 2 unspecified atom stereocenters. The van der Waals surface area contributed by atoms with Gasteiger partial charge in [-0.1, -0.05) is 6.07 Å². The standard InChI is InChI=1S/C13H14N2O2/c1-17-10-4-3-9-7-12(13(16)11(9)8-10)15-6-2-5-14-15/h2-6,8,12-13,16H,7H2,1H3. The second-order valence-corrected chi connectivity index (χ2v) is 4.27. The first-order valence-corrected chi connectivity index (χ1v) is 5.63. The van der Waals surface area contributed by atoms with E-state index in [1.165, 1.54) is 5.56 Å². The first-order valence-electron chi connectivity index (χ1n) is 5.63. The highest BCUT2D eigenvalue weighted by Crippen LogP contribution is 2.40. The summed E-state index contributed by atoms with van der Waals surface area (Å²) in [5.41, 5.74) is 2.11. The van der Waals surface area contributed by atoms with Gasteiger partial charge in [-0.05, 0) is 35.7 Å². The van der Waals surface area contributed by atoms with Crippen molar-refractivity contribution in [3.05, 3.63) is 47.8 Å². The third-order valence-corrected chi connectivity index (χ3v) is 3.33. The fourth-order valence-corrected chi connectivity index (χ4v) is 2.42. The van der Waals surface area contributed by atoms with Crippen LogP contribution in [0.5, 0.6) is 5.75 Å². The van der Waals surface area contributed by atoms with Gasteiger partial charge in [0.15, 0.2) is 0 Å². The van der Waals surface area contributed by atoms with E-state index in [-0.39, 0.29) is 6.04 Å². The SMILES string of the molecule is COc1ccc2c(c1)C(O)C(n1cccn1)C2. The molecule has 4 heteroatoms. The van der Waals surface area contributed by atoms with Crippen molar-refractivity contribution >= 4 is 0 Å². The maximum absolute atomic E-state index is 10.3. The lowest BCUT2D eigenvalue weighted by Gasteiger charge is -2.15. The Morgan fingerprint density at radius 3 is 3.06 bits per heavy atom. The maximum atomic E-state index is 10.3. The van der Waals surface area contributed by atoms with Crippen LogP contribution >= 0.6 is 0 Å². The molecule has 2 atom stereocenters. The van der Waals surface area contributed by atoms with Crippen molar-refractivity contribution in [3.8, 4) is 5.75 Å². The summed E-state index contributed by atoms with van der Waals surface area (Å²) in [6, 6.07) is 7.71. The van der Waals surface area contributed by atoms with Gasteiger partial charge in [-0.15, -0.1) is 0 Å². The summed E-state index contributed by atoms with van der Waals surface area (Å²) in [5, 5.41) is 14.5. The molecule has 17 heavy (non-hydrogen) atoms. The summed E-state index contributed by atoms with van der Waals surface area (Å²) in [7, 11) is 1.63. The van der Waals surface area contributed by atoms with Gasteiger partial charge in [0.05, 0.1) is 13.2 Å². The van der Waals surface area contributed by atoms with E-state index in [0.717, 1.165) is 17.7 Å². The normalized spacial score (nSPS) is 22.5. The van der Waals surface area contributed by atoms with Crippen molar-refractivity contribution in [2.75, 3.05) is 7.11 Å². The van der Waals surface area contributed by atoms with Crippen LogP contribution in [0.2, 0.25) is 0 Å². The maximum Gasteiger partial charge on any atom is 0.119 e. The molecule has 0 spiro atoms. The number of aliphatic hydroxyl groups is 1. The molecule has 4 nitrogen and oxygen atoms in total. The Morgan fingerprint density at radius 1 is 1.47 bits per heavy atom. The molecule has 0 radical (unpaired) electrons. The zero-order valence-corrected chi connectivity index (χ0v) is 9.58. The molecular weight excluding hydrogens is 216 g/mol. The number of methoxy groups -OCH3 is 1. The van der Waals surface area contributed by atoms with E-state index in [2.05, 4.69) is 5.10 Å². The molecule has 1 aliphatic rings. The zero-order valence-electron chi connectivity index (χ0n) is 9.58. The molecule has 1 aliphatic carbocycles. The molecule has 1 heterocycles. The van der Waals surface area contributed by atoms with Gasteiger partial charge in [-0.3, -0.25) is 4.68 Å². The van der Waals surface area contributed by atoms with Crippen LogP contribution < -0.4 is 4.74 Å². The second-order valence-electron chi connectivity index (χ2n) is 4.27. The van der Waals surface area contributed by atoms with E-state index in [4.69, 9.17) is 4.74 Å². The zero-order chi connectivity index (χ0) is 11.8. The summed E-state index contributed by atoms with van der Waals surface area (Å²) in [4.78, 5) is 0. The highest BCUT2D eigenvalue weighted by atomic mass is 16.5. The Balaban J connectivity index is 1.97. The molecule has 1 aromatic carbocycles. The van der Waals surface area contributed by atoms with Crippen LogP contribution in [0.3, 0.4) is 0 Å². The number of rotatable bonds is 2. The third-order valence-electron chi connectivity index (χ3n) is 3.33. The predicted octanol–water partition coefficient (Wildman–Crippen LogP) is 1.72. The monoisotopic (exact) mass is 230 g/mol. The highest BCUT2D eigenvalue weighted by molar-refractivity contribution is 5.41. The molecule has 0 fully saturated rings. The van der Waals surface area contributed by atoms with Crippen LogP contribution in [0.1, 0.15) is 23.3 Å². The molecule has 1 N–H and O–H groups in total. The van der Waals surface area contributed by atoms with Gasteiger partial charge in [-0.2, -0.15) is 5.10 Å². The van der Waals surface area contributed by atoms with Gasteiger partial charge in [0.25, 0.3) is 0 Å². The van der Waals surface area contributed by atoms with E-state index in [1.807, 2.05) is 35.1 Å². The quantitative estimate of drug-likeness (QED) is 0.854. The lowest BCUT2D eigenvalue weighted by molar-refractivity contribution is 0.121. The van der Waals surface area contributed by atoms with Crippen LogP contribution in [-0.4, -0.2) is 22.0 Å². The van der Waals surface area contributed by atoms with Crippen LogP contribution in [-0.2, 0) is 6.42 Å². The topological polar surface area (TPSA) is 47.3 Å². The van der Waals surface area contributed by atoms with Gasteiger partial charge in [-0.25, -0.2) is 0 Å². The molecular formula is C13H14N2O2. The number of fused-ring (bicyclic) bond motifs is 1. The average molecular weight is 230 g/mol. The van der Waals surface area contributed by atoms with Crippen molar-refractivity contribution < 1.29 is 9.84 Å². The molecule has 1 aromatic heterocycles. The van der Waals surface area contributed by atoms with Crippen molar-refractivity contribution in [2.24, 2.45) is 0 Å². The Hall–Kier alpha value is -1.81. The first kappa shape index (κ1) is 10.4. The lowest BCUT2D eigenvalue weighted by atomic mass is 10.1. The molecule has 2 aromatic rings. The van der Waals surface area contributed by atoms with E-state index in [0.29, 0.717) is 0 Å². The molecule has 0 bridgehead atoms. The predicted molar refractivity (Wildman–Crippen MR) is 62.9 cm³/mol. The summed E-state index contributed by atoms with van der Waals surface area (Å²) in [6.45, 7) is 0. The van der Waals surface area contributed by atoms with E-state index >= 15 is 0 Å². The fourth-order valence-electron chi connectivity index (χ4n) is 2.42. The van der Waals surface area contributed by atoms with E-state index < -0.39 is 6.10 Å². The third kappa shape index (κ3) is 1.61. The summed E-state index contributed by atoms with van der Waals surface area (Å²) >= 11 is 0. The second kappa shape index (κ2) is 3.89. The summed E-state index contributed by atoms with van der Waals surface area (Å²) < 4.78 is 7.00. The summed E-state index contributed by atoms with van der Waals surface area (Å²) in [6.07, 6.45) is 3.91. The molecule has 88 valence electrons. The van der Waals surface area contributed by atoms with E-state index in [1.54, 1.807) is 13.3 Å². The molecule has 0 saturated heterocycles. The number of hydrogen-bond acceptors (Lipinski definition) is 3. The largest absolute Gasteiger partial charge is 0.497 e. The number of benzene rings is 1. The van der Waals surface area contributed by atoms with Crippen LogP contribution in [0.15, 0.2) is 36.7 Å². The van der Waals surface area contributed by atoms with Crippen molar-refractivity contribution in [2.45, 2.75) is 18.6 Å². The average Bonchev–Trinajstić information content (AvgIpc) is 2.97. The van der Waals surface area contributed by atoms with Crippen molar-refractivity contribution in [1.29, 1.82) is 0 Å². The minimum atomic E-state index is -0.514. The van der Waals surface area contributed by atoms with E-state index in [9.17, 15) is 5.11 Å². The van der Waals surface area contributed by atoms with Crippen molar-refractivity contribution in [1.82, 2.24) is 9.78 Å². The smallest absolute Gasteiger partial charge is 0.119 e. The molecule has 0 aliphatic heterocycles. The Bertz CT molecular complexity index is 522. The number of hydrogen-bond donors (Lipinski definition) is 1. The molecule has 0 saturated carbocycles. The van der Waals surface area contributed by atoms with Crippen LogP contribution in [0.25, 0.3) is 0 Å². The van der Waals surface area contributed by atoms with Gasteiger partial charge in [0.2, 0.25) is 0 Å². The lowest BCUT2D eigenvalue weighted by Crippen LogP contribution is -2.14. The Labute approximate surface area is 99.5 Å². The fraction of sp³-hybridized carbons (Fsp3) is 0.308. The highest BCUT2D eigenvalue weighted by Gasteiger charge is 2.32. The number of aromatic nitrogens is 2. The van der Waals surface area contributed by atoms with Gasteiger partial charge >= 0.3 is 0 Å². The minimum absolute atomic E-state index is 0.00731. The Morgan fingerprint density at radius 2 is 2.35 bits per heavy atom. The summed E-state index contributed by atoms with van der Waals surface area (Å²) in [5.74, 6) is 0.781.